The molecule has 0 radical (unpaired) electrons. The third-order valence-electron chi connectivity index (χ3n) is 4.77. The molecule has 1 aliphatic heterocycles. The summed E-state index contributed by atoms with van der Waals surface area (Å²) in [6.45, 7) is 5.67. The lowest BCUT2D eigenvalue weighted by Crippen LogP contribution is -2.12. The molecule has 2 heterocycles. The smallest absolute Gasteiger partial charge is 0.145 e. The lowest BCUT2D eigenvalue weighted by molar-refractivity contribution is 0.0767. The third-order valence-corrected chi connectivity index (χ3v) is 4.77. The quantitative estimate of drug-likeness (QED) is 0.509. The summed E-state index contributed by atoms with van der Waals surface area (Å²) in [5.74, 6) is 1.43. The Bertz CT molecular complexity index is 1030. The molecule has 0 fully saturated rings. The van der Waals surface area contributed by atoms with Crippen LogP contribution in [0.3, 0.4) is 0 Å². The van der Waals surface area contributed by atoms with Crippen LogP contribution in [0.15, 0.2) is 76.7 Å². The van der Waals surface area contributed by atoms with Gasteiger partial charge in [0, 0.05) is 0 Å². The van der Waals surface area contributed by atoms with Crippen molar-refractivity contribution >= 4 is 22.8 Å². The zero-order valence-electron chi connectivity index (χ0n) is 17.7. The van der Waals surface area contributed by atoms with Crippen LogP contribution in [-0.2, 0) is 4.74 Å². The molecule has 158 valence electrons. The lowest BCUT2D eigenvalue weighted by Gasteiger charge is -2.12. The van der Waals surface area contributed by atoms with Crippen molar-refractivity contribution in [3.63, 3.8) is 0 Å². The molecule has 4 rings (SSSR count). The van der Waals surface area contributed by atoms with Crippen molar-refractivity contribution in [3.8, 4) is 11.5 Å². The number of para-hydroxylation sites is 4. The summed E-state index contributed by atoms with van der Waals surface area (Å²) < 4.78 is 17.4. The van der Waals surface area contributed by atoms with Gasteiger partial charge >= 0.3 is 0 Å². The van der Waals surface area contributed by atoms with Gasteiger partial charge < -0.3 is 14.2 Å². The van der Waals surface area contributed by atoms with Crippen LogP contribution in [0.5, 0.6) is 11.5 Å². The summed E-state index contributed by atoms with van der Waals surface area (Å²) in [4.78, 5) is 14.3. The van der Waals surface area contributed by atoms with E-state index in [1.54, 1.807) is 0 Å². The van der Waals surface area contributed by atoms with Crippen molar-refractivity contribution in [2.24, 2.45) is 9.98 Å². The second-order valence-corrected chi connectivity index (χ2v) is 7.05. The molecule has 0 saturated carbocycles. The summed E-state index contributed by atoms with van der Waals surface area (Å²) in [6.07, 6.45) is 0. The Morgan fingerprint density at radius 3 is 1.58 bits per heavy atom. The highest BCUT2D eigenvalue weighted by molar-refractivity contribution is 6.02. The molecule has 6 nitrogen and oxygen atoms in total. The minimum absolute atomic E-state index is 0.430. The van der Waals surface area contributed by atoms with Crippen molar-refractivity contribution in [1.29, 1.82) is 0 Å². The second kappa shape index (κ2) is 10.00. The van der Waals surface area contributed by atoms with Gasteiger partial charge in [0.2, 0.25) is 0 Å². The molecule has 1 aliphatic rings. The zero-order valence-corrected chi connectivity index (χ0v) is 17.7. The molecule has 0 unspecified atom stereocenters. The number of nitrogens with zero attached hydrogens (tertiary/aromatic N) is 3. The minimum atomic E-state index is 0.430. The fraction of sp³-hybridized carbons (Fsp3) is 0.240. The summed E-state index contributed by atoms with van der Waals surface area (Å²) in [5, 5.41) is 0. The summed E-state index contributed by atoms with van der Waals surface area (Å²) >= 11 is 0. The first-order chi connectivity index (χ1) is 15.2. The van der Waals surface area contributed by atoms with E-state index in [2.05, 4.69) is 0 Å². The standard InChI is InChI=1S/C25H25N3O3/c1-18-20-10-7-11-21(28-20)19(2)27-23-9-4-6-13-25(23)31-17-15-29-14-16-30-24-12-5-3-8-22(24)26-18/h3-13H,14-17H2,1-2H3/b26-18+,27-19+. The van der Waals surface area contributed by atoms with E-state index in [1.807, 2.05) is 80.6 Å². The Kier molecular flexibility index (Phi) is 6.69. The SMILES string of the molecule is C/C1=N\c2ccccc2OCCOCCOc2ccccc2/N=C(\C)c2cccc1n2. The summed E-state index contributed by atoms with van der Waals surface area (Å²) in [5.41, 5.74) is 4.69. The maximum absolute atomic E-state index is 5.90. The van der Waals surface area contributed by atoms with E-state index in [9.17, 15) is 0 Å². The molecular weight excluding hydrogens is 390 g/mol. The minimum Gasteiger partial charge on any atom is -0.489 e. The van der Waals surface area contributed by atoms with Gasteiger partial charge in [0.1, 0.15) is 36.1 Å². The highest BCUT2D eigenvalue weighted by Crippen LogP contribution is 2.29. The molecule has 3 aromatic rings. The second-order valence-electron chi connectivity index (χ2n) is 7.05. The number of hydrogen-bond donors (Lipinski definition) is 0. The van der Waals surface area contributed by atoms with Gasteiger partial charge in [-0.25, -0.2) is 15.0 Å². The van der Waals surface area contributed by atoms with Crippen LogP contribution >= 0.6 is 0 Å². The van der Waals surface area contributed by atoms with Gasteiger partial charge in [-0.05, 0) is 50.2 Å². The van der Waals surface area contributed by atoms with E-state index >= 15 is 0 Å². The van der Waals surface area contributed by atoms with Gasteiger partial charge in [-0.2, -0.15) is 0 Å². The summed E-state index contributed by atoms with van der Waals surface area (Å²) in [7, 11) is 0. The van der Waals surface area contributed by atoms with Gasteiger partial charge in [0.25, 0.3) is 0 Å². The highest BCUT2D eigenvalue weighted by atomic mass is 16.5. The highest BCUT2D eigenvalue weighted by Gasteiger charge is 2.09. The van der Waals surface area contributed by atoms with Crippen LogP contribution in [0.1, 0.15) is 25.2 Å². The van der Waals surface area contributed by atoms with Crippen LogP contribution in [-0.4, -0.2) is 42.8 Å². The van der Waals surface area contributed by atoms with E-state index < -0.39 is 0 Å². The monoisotopic (exact) mass is 415 g/mol. The van der Waals surface area contributed by atoms with E-state index in [4.69, 9.17) is 29.2 Å². The molecule has 2 aromatic carbocycles. The molecule has 0 saturated heterocycles. The predicted molar refractivity (Wildman–Crippen MR) is 123 cm³/mol. The number of aliphatic imine (C=N–C) groups is 2. The molecule has 2 bridgehead atoms. The average Bonchev–Trinajstić information content (AvgIpc) is 2.80. The van der Waals surface area contributed by atoms with Crippen LogP contribution in [0.4, 0.5) is 11.4 Å². The third kappa shape index (κ3) is 5.35. The van der Waals surface area contributed by atoms with Crippen molar-refractivity contribution in [2.45, 2.75) is 13.8 Å². The Labute approximate surface area is 182 Å². The van der Waals surface area contributed by atoms with E-state index in [0.717, 1.165) is 34.2 Å². The number of aromatic nitrogens is 1. The van der Waals surface area contributed by atoms with Gasteiger partial charge in [-0.1, -0.05) is 30.3 Å². The van der Waals surface area contributed by atoms with Crippen molar-refractivity contribution in [1.82, 2.24) is 4.98 Å². The van der Waals surface area contributed by atoms with Crippen LogP contribution in [0, 0.1) is 0 Å². The molecule has 0 amide bonds. The van der Waals surface area contributed by atoms with Crippen LogP contribution in [0.25, 0.3) is 0 Å². The molecule has 0 spiro atoms. The van der Waals surface area contributed by atoms with Crippen LogP contribution in [0.2, 0.25) is 0 Å². The summed E-state index contributed by atoms with van der Waals surface area (Å²) in [6, 6.07) is 21.3. The van der Waals surface area contributed by atoms with Gasteiger partial charge in [0.15, 0.2) is 0 Å². The molecule has 0 N–H and O–H groups in total. The Morgan fingerprint density at radius 2 is 1.06 bits per heavy atom. The number of fused-ring (bicyclic) bond motifs is 4. The number of ether oxygens (including phenoxy) is 3. The van der Waals surface area contributed by atoms with Crippen molar-refractivity contribution < 1.29 is 14.2 Å². The maximum Gasteiger partial charge on any atom is 0.145 e. The predicted octanol–water partition coefficient (Wildman–Crippen LogP) is 5.15. The van der Waals surface area contributed by atoms with Gasteiger partial charge in [0.05, 0.1) is 36.0 Å². The lowest BCUT2D eigenvalue weighted by atomic mass is 10.2. The number of rotatable bonds is 0. The topological polar surface area (TPSA) is 65.3 Å². The van der Waals surface area contributed by atoms with Gasteiger partial charge in [-0.3, -0.25) is 0 Å². The van der Waals surface area contributed by atoms with Crippen LogP contribution < -0.4 is 9.47 Å². The maximum atomic E-state index is 5.90. The van der Waals surface area contributed by atoms with E-state index in [0.29, 0.717) is 37.9 Å². The molecular formula is C25H25N3O3. The number of pyridine rings is 1. The zero-order chi connectivity index (χ0) is 21.5. The molecule has 1 aromatic heterocycles. The first-order valence-corrected chi connectivity index (χ1v) is 10.3. The first-order valence-electron chi connectivity index (χ1n) is 10.3. The Hall–Kier alpha value is -3.51. The van der Waals surface area contributed by atoms with Crippen molar-refractivity contribution in [3.05, 3.63) is 78.1 Å². The van der Waals surface area contributed by atoms with Gasteiger partial charge in [-0.15, -0.1) is 0 Å². The first kappa shape index (κ1) is 20.8. The van der Waals surface area contributed by atoms with E-state index in [1.165, 1.54) is 0 Å². The fourth-order valence-electron chi connectivity index (χ4n) is 3.18. The van der Waals surface area contributed by atoms with E-state index in [-0.39, 0.29) is 0 Å². The number of benzene rings is 2. The molecule has 31 heavy (non-hydrogen) atoms. The Balaban J connectivity index is 1.73. The molecule has 0 atom stereocenters. The normalized spacial score (nSPS) is 18.4. The van der Waals surface area contributed by atoms with Crippen molar-refractivity contribution in [2.75, 3.05) is 26.4 Å². The number of hydrogen-bond acceptors (Lipinski definition) is 6. The Morgan fingerprint density at radius 1 is 0.581 bits per heavy atom. The fourth-order valence-corrected chi connectivity index (χ4v) is 3.18. The molecule has 6 heteroatoms. The average molecular weight is 415 g/mol. The molecule has 0 aliphatic carbocycles. The largest absolute Gasteiger partial charge is 0.489 e.